The number of esters is 2. The molecule has 0 saturated carbocycles. The van der Waals surface area contributed by atoms with Crippen LogP contribution in [0.15, 0.2) is 47.6 Å². The van der Waals surface area contributed by atoms with Crippen LogP contribution in [0.2, 0.25) is 0 Å². The molecule has 5 heteroatoms. The molecule has 128 valence electrons. The molecule has 3 unspecified atom stereocenters. The van der Waals surface area contributed by atoms with E-state index >= 15 is 0 Å². The van der Waals surface area contributed by atoms with Crippen LogP contribution in [0.25, 0.3) is 0 Å². The first-order valence-corrected chi connectivity index (χ1v) is 7.94. The Balaban J connectivity index is 2.49. The van der Waals surface area contributed by atoms with Crippen molar-refractivity contribution in [3.63, 3.8) is 0 Å². The van der Waals surface area contributed by atoms with Crippen LogP contribution in [0.4, 0.5) is 0 Å². The maximum atomic E-state index is 12.1. The number of fused-ring (bicyclic) bond motifs is 1. The molecule has 1 heterocycles. The first kappa shape index (κ1) is 17.9. The molecule has 2 aliphatic rings. The Morgan fingerprint density at radius 2 is 2.12 bits per heavy atom. The van der Waals surface area contributed by atoms with Crippen molar-refractivity contribution in [2.45, 2.75) is 39.4 Å². The Morgan fingerprint density at radius 3 is 2.75 bits per heavy atom. The van der Waals surface area contributed by atoms with Gasteiger partial charge in [0.25, 0.3) is 0 Å². The third-order valence-corrected chi connectivity index (χ3v) is 4.03. The summed E-state index contributed by atoms with van der Waals surface area (Å²) in [5.74, 6) is -1.79. The summed E-state index contributed by atoms with van der Waals surface area (Å²) in [7, 11) is 0. The molecule has 1 aliphatic heterocycles. The van der Waals surface area contributed by atoms with Crippen LogP contribution in [0, 0.1) is 11.8 Å². The fourth-order valence-corrected chi connectivity index (χ4v) is 2.66. The van der Waals surface area contributed by atoms with Gasteiger partial charge in [0.15, 0.2) is 0 Å². The summed E-state index contributed by atoms with van der Waals surface area (Å²) >= 11 is 0. The maximum absolute atomic E-state index is 12.1. The fraction of sp³-hybridized carbons (Fsp3) is 0.421. The zero-order chi connectivity index (χ0) is 17.9. The molecule has 0 spiro atoms. The Labute approximate surface area is 141 Å². The van der Waals surface area contributed by atoms with Crippen molar-refractivity contribution < 1.29 is 23.9 Å². The van der Waals surface area contributed by atoms with Crippen molar-refractivity contribution in [2.24, 2.45) is 11.8 Å². The molecule has 24 heavy (non-hydrogen) atoms. The molecule has 0 N–H and O–H groups in total. The third kappa shape index (κ3) is 3.91. The molecule has 0 bridgehead atoms. The molecule has 1 aliphatic carbocycles. The van der Waals surface area contributed by atoms with E-state index in [0.29, 0.717) is 18.3 Å². The second kappa shape index (κ2) is 7.43. The Morgan fingerprint density at radius 1 is 1.42 bits per heavy atom. The predicted molar refractivity (Wildman–Crippen MR) is 88.9 cm³/mol. The summed E-state index contributed by atoms with van der Waals surface area (Å²) in [5.41, 5.74) is 1.62. The van der Waals surface area contributed by atoms with E-state index < -0.39 is 30.1 Å². The number of carbonyl (C=O) groups excluding carboxylic acids is 3. The number of carbonyl (C=O) groups is 3. The Hall–Kier alpha value is -2.43. The maximum Gasteiger partial charge on any atom is 0.334 e. The van der Waals surface area contributed by atoms with E-state index in [2.05, 4.69) is 6.58 Å². The highest BCUT2D eigenvalue weighted by Gasteiger charge is 2.43. The van der Waals surface area contributed by atoms with Gasteiger partial charge in [-0.3, -0.25) is 9.59 Å². The van der Waals surface area contributed by atoms with Gasteiger partial charge in [-0.05, 0) is 25.5 Å². The lowest BCUT2D eigenvalue weighted by atomic mass is 9.88. The highest BCUT2D eigenvalue weighted by Crippen LogP contribution is 2.34. The van der Waals surface area contributed by atoms with Gasteiger partial charge in [-0.2, -0.15) is 0 Å². The van der Waals surface area contributed by atoms with Crippen LogP contribution in [-0.4, -0.2) is 30.4 Å². The lowest BCUT2D eigenvalue weighted by molar-refractivity contribution is -0.153. The third-order valence-electron chi connectivity index (χ3n) is 4.03. The number of rotatable bonds is 3. The lowest BCUT2D eigenvalue weighted by Gasteiger charge is -2.25. The number of allylic oxidation sites excluding steroid dienone is 4. The molecular formula is C19H22O5. The predicted octanol–water partition coefficient (Wildman–Crippen LogP) is 2.68. The van der Waals surface area contributed by atoms with Gasteiger partial charge in [-0.15, -0.1) is 0 Å². The van der Waals surface area contributed by atoms with Gasteiger partial charge >= 0.3 is 11.9 Å². The average molecular weight is 330 g/mol. The minimum Gasteiger partial charge on any atom is -0.457 e. The summed E-state index contributed by atoms with van der Waals surface area (Å²) in [5, 5.41) is 0. The number of hydrogen-bond donors (Lipinski definition) is 0. The smallest absolute Gasteiger partial charge is 0.334 e. The zero-order valence-electron chi connectivity index (χ0n) is 14.2. The summed E-state index contributed by atoms with van der Waals surface area (Å²) < 4.78 is 10.9. The largest absolute Gasteiger partial charge is 0.457 e. The summed E-state index contributed by atoms with van der Waals surface area (Å²) in [4.78, 5) is 35.3. The first-order chi connectivity index (χ1) is 11.3. The molecule has 0 aromatic carbocycles. The number of aldehydes is 1. The van der Waals surface area contributed by atoms with Crippen LogP contribution < -0.4 is 0 Å². The number of hydrogen-bond acceptors (Lipinski definition) is 5. The monoisotopic (exact) mass is 330 g/mol. The van der Waals surface area contributed by atoms with Gasteiger partial charge in [0.1, 0.15) is 18.5 Å². The molecule has 3 atom stereocenters. The summed E-state index contributed by atoms with van der Waals surface area (Å²) in [6.45, 7) is 9.15. The molecule has 5 nitrogen and oxygen atoms in total. The van der Waals surface area contributed by atoms with E-state index in [0.717, 1.165) is 5.57 Å². The van der Waals surface area contributed by atoms with Crippen molar-refractivity contribution in [1.82, 2.24) is 0 Å². The minimum absolute atomic E-state index is 0.247. The van der Waals surface area contributed by atoms with Crippen molar-refractivity contribution in [1.29, 1.82) is 0 Å². The molecule has 1 fully saturated rings. The highest BCUT2D eigenvalue weighted by molar-refractivity contribution is 5.91. The van der Waals surface area contributed by atoms with Crippen LogP contribution >= 0.6 is 0 Å². The van der Waals surface area contributed by atoms with Crippen molar-refractivity contribution in [3.8, 4) is 0 Å². The molecule has 0 radical (unpaired) electrons. The standard InChI is InChI=1S/C19H22O5/c1-11(2)18(21)23-16-9-14(10-20)7-5-6-12(3)8-15-17(16)13(4)19(22)24-15/h5,7-11,15-17H,4,6H2,1-3H3/b7-5-,12-8-,14-9+. The van der Waals surface area contributed by atoms with Crippen LogP contribution in [0.5, 0.6) is 0 Å². The van der Waals surface area contributed by atoms with E-state index in [-0.39, 0.29) is 11.5 Å². The van der Waals surface area contributed by atoms with E-state index in [1.807, 2.05) is 19.1 Å². The molecule has 0 aromatic rings. The van der Waals surface area contributed by atoms with Gasteiger partial charge < -0.3 is 9.47 Å². The second-order valence-electron chi connectivity index (χ2n) is 6.38. The molecule has 1 saturated heterocycles. The quantitative estimate of drug-likeness (QED) is 0.344. The Bertz CT molecular complexity index is 651. The SMILES string of the molecule is C=C1C(=O)OC2/C=C(/C)C/C=C\C(C=O)=C/C(OC(=O)C(C)C)C12. The van der Waals surface area contributed by atoms with E-state index in [9.17, 15) is 14.4 Å². The molecule has 2 rings (SSSR count). The van der Waals surface area contributed by atoms with Crippen LogP contribution in [0.1, 0.15) is 27.2 Å². The lowest BCUT2D eigenvalue weighted by Crippen LogP contribution is -2.33. The van der Waals surface area contributed by atoms with Crippen LogP contribution in [-0.2, 0) is 23.9 Å². The molecular weight excluding hydrogens is 308 g/mol. The topological polar surface area (TPSA) is 69.7 Å². The molecule has 0 aromatic heterocycles. The van der Waals surface area contributed by atoms with E-state index in [1.54, 1.807) is 26.0 Å². The van der Waals surface area contributed by atoms with E-state index in [4.69, 9.17) is 9.47 Å². The van der Waals surface area contributed by atoms with Crippen molar-refractivity contribution in [2.75, 3.05) is 0 Å². The van der Waals surface area contributed by atoms with Crippen molar-refractivity contribution in [3.05, 3.63) is 47.6 Å². The first-order valence-electron chi connectivity index (χ1n) is 7.94. The highest BCUT2D eigenvalue weighted by atomic mass is 16.6. The zero-order valence-corrected chi connectivity index (χ0v) is 14.2. The summed E-state index contributed by atoms with van der Waals surface area (Å²) in [6.07, 6.45) is 6.91. The summed E-state index contributed by atoms with van der Waals surface area (Å²) in [6, 6.07) is 0. The van der Waals surface area contributed by atoms with Gasteiger partial charge in [0, 0.05) is 11.1 Å². The fourth-order valence-electron chi connectivity index (χ4n) is 2.66. The van der Waals surface area contributed by atoms with Gasteiger partial charge in [0.05, 0.1) is 11.8 Å². The number of ether oxygens (including phenoxy) is 2. The minimum atomic E-state index is -0.796. The second-order valence-corrected chi connectivity index (χ2v) is 6.38. The average Bonchev–Trinajstić information content (AvgIpc) is 2.79. The van der Waals surface area contributed by atoms with E-state index in [1.165, 1.54) is 0 Å². The normalized spacial score (nSPS) is 32.8. The Kier molecular flexibility index (Phi) is 5.54. The van der Waals surface area contributed by atoms with Crippen LogP contribution in [0.3, 0.4) is 0 Å². The van der Waals surface area contributed by atoms with Gasteiger partial charge in [0.2, 0.25) is 0 Å². The molecule has 0 amide bonds. The van der Waals surface area contributed by atoms with Crippen molar-refractivity contribution >= 4 is 18.2 Å². The van der Waals surface area contributed by atoms with Gasteiger partial charge in [-0.25, -0.2) is 4.79 Å². The van der Waals surface area contributed by atoms with Gasteiger partial charge in [-0.1, -0.05) is 38.2 Å².